The first kappa shape index (κ1) is 13.2. The number of nitrogens with one attached hydrogen (secondary N) is 1. The van der Waals surface area contributed by atoms with Crippen LogP contribution in [0.2, 0.25) is 0 Å². The highest BCUT2D eigenvalue weighted by molar-refractivity contribution is 7.91. The van der Waals surface area contributed by atoms with Gasteiger partial charge in [-0.3, -0.25) is 0 Å². The normalized spacial score (nSPS) is 11.2. The number of thiophene rings is 1. The number of hydrogen-bond acceptors (Lipinski definition) is 4. The van der Waals surface area contributed by atoms with Crippen LogP contribution in [-0.2, 0) is 16.4 Å². The van der Waals surface area contributed by atoms with Crippen LogP contribution in [0, 0.1) is 11.3 Å². The average Bonchev–Trinajstić information content (AvgIpc) is 2.73. The molecule has 1 N–H and O–H groups in total. The van der Waals surface area contributed by atoms with Crippen molar-refractivity contribution in [3.63, 3.8) is 0 Å². The van der Waals surface area contributed by atoms with Crippen molar-refractivity contribution >= 4 is 21.4 Å². The molecule has 0 atom stereocenters. The molecule has 1 heterocycles. The van der Waals surface area contributed by atoms with Gasteiger partial charge in [0.25, 0.3) is 0 Å². The summed E-state index contributed by atoms with van der Waals surface area (Å²) in [5.74, 6) is 0. The van der Waals surface area contributed by atoms with E-state index >= 15 is 0 Å². The molecule has 0 unspecified atom stereocenters. The van der Waals surface area contributed by atoms with Gasteiger partial charge in [0.15, 0.2) is 0 Å². The number of nitrogens with zero attached hydrogens (tertiary/aromatic N) is 1. The molecule has 1 aromatic heterocycles. The molecule has 0 radical (unpaired) electrons. The van der Waals surface area contributed by atoms with Crippen molar-refractivity contribution in [1.29, 1.82) is 5.26 Å². The molecule has 0 amide bonds. The zero-order valence-corrected chi connectivity index (χ0v) is 10.7. The third-order valence-corrected chi connectivity index (χ3v) is 5.19. The Hall–Kier alpha value is -0.900. The summed E-state index contributed by atoms with van der Waals surface area (Å²) in [4.78, 5) is 1.05. The molecule has 0 aliphatic rings. The molecular weight excluding hydrogens is 244 g/mol. The minimum absolute atomic E-state index is 0.315. The van der Waals surface area contributed by atoms with Crippen LogP contribution in [0.3, 0.4) is 0 Å². The van der Waals surface area contributed by atoms with E-state index in [9.17, 15) is 8.42 Å². The van der Waals surface area contributed by atoms with E-state index in [1.807, 2.05) is 19.1 Å². The molecule has 0 aromatic carbocycles. The molecule has 0 saturated carbocycles. The molecule has 88 valence electrons. The van der Waals surface area contributed by atoms with E-state index in [-0.39, 0.29) is 0 Å². The molecule has 0 fully saturated rings. The number of rotatable bonds is 6. The van der Waals surface area contributed by atoms with Gasteiger partial charge < -0.3 is 0 Å². The highest BCUT2D eigenvalue weighted by atomic mass is 32.2. The van der Waals surface area contributed by atoms with E-state index in [0.29, 0.717) is 23.6 Å². The fraction of sp³-hybridized carbons (Fsp3) is 0.500. The van der Waals surface area contributed by atoms with Crippen LogP contribution in [0.5, 0.6) is 0 Å². The minimum Gasteiger partial charge on any atom is -0.210 e. The van der Waals surface area contributed by atoms with E-state index in [1.165, 1.54) is 11.3 Å². The largest absolute Gasteiger partial charge is 0.250 e. The summed E-state index contributed by atoms with van der Waals surface area (Å²) in [5, 5.41) is 8.32. The van der Waals surface area contributed by atoms with Crippen molar-refractivity contribution in [2.24, 2.45) is 0 Å². The summed E-state index contributed by atoms with van der Waals surface area (Å²) < 4.78 is 26.3. The Bertz CT molecular complexity index is 471. The summed E-state index contributed by atoms with van der Waals surface area (Å²) >= 11 is 1.29. The van der Waals surface area contributed by atoms with Gasteiger partial charge in [-0.1, -0.05) is 6.92 Å². The summed E-state index contributed by atoms with van der Waals surface area (Å²) in [6.45, 7) is 2.30. The smallest absolute Gasteiger partial charge is 0.210 e. The van der Waals surface area contributed by atoms with Crippen molar-refractivity contribution in [3.05, 3.63) is 17.0 Å². The van der Waals surface area contributed by atoms with Gasteiger partial charge in [-0.15, -0.1) is 11.3 Å². The van der Waals surface area contributed by atoms with Crippen molar-refractivity contribution < 1.29 is 8.42 Å². The molecule has 0 saturated heterocycles. The Balaban J connectivity index is 2.60. The molecule has 0 spiro atoms. The third-order valence-electron chi connectivity index (χ3n) is 2.01. The minimum atomic E-state index is -3.37. The SMILES string of the molecule is CCc1ccc(S(=O)(=O)NCCCC#N)s1. The molecule has 16 heavy (non-hydrogen) atoms. The molecule has 0 bridgehead atoms. The lowest BCUT2D eigenvalue weighted by atomic mass is 10.3. The summed E-state index contributed by atoms with van der Waals surface area (Å²) in [6, 6.07) is 5.42. The summed E-state index contributed by atoms with van der Waals surface area (Å²) in [7, 11) is -3.37. The Morgan fingerprint density at radius 2 is 2.25 bits per heavy atom. The maximum atomic E-state index is 11.7. The first-order valence-corrected chi connectivity index (χ1v) is 7.35. The number of aryl methyl sites for hydroxylation is 1. The predicted molar refractivity (Wildman–Crippen MR) is 63.7 cm³/mol. The second kappa shape index (κ2) is 5.99. The van der Waals surface area contributed by atoms with Crippen LogP contribution < -0.4 is 4.72 Å². The average molecular weight is 258 g/mol. The van der Waals surface area contributed by atoms with E-state index in [1.54, 1.807) is 6.07 Å². The zero-order valence-electron chi connectivity index (χ0n) is 9.06. The van der Waals surface area contributed by atoms with E-state index in [0.717, 1.165) is 11.3 Å². The molecular formula is C10H14N2O2S2. The molecule has 1 rings (SSSR count). The fourth-order valence-electron chi connectivity index (χ4n) is 1.14. The fourth-order valence-corrected chi connectivity index (χ4v) is 3.55. The second-order valence-electron chi connectivity index (χ2n) is 3.23. The maximum absolute atomic E-state index is 11.7. The Morgan fingerprint density at radius 1 is 1.50 bits per heavy atom. The van der Waals surface area contributed by atoms with E-state index in [2.05, 4.69) is 4.72 Å². The highest BCUT2D eigenvalue weighted by Gasteiger charge is 2.15. The van der Waals surface area contributed by atoms with E-state index in [4.69, 9.17) is 5.26 Å². The lowest BCUT2D eigenvalue weighted by Gasteiger charge is -2.02. The van der Waals surface area contributed by atoms with Gasteiger partial charge in [-0.05, 0) is 25.0 Å². The molecule has 4 nitrogen and oxygen atoms in total. The van der Waals surface area contributed by atoms with Gasteiger partial charge in [0, 0.05) is 17.8 Å². The van der Waals surface area contributed by atoms with Crippen LogP contribution in [-0.4, -0.2) is 15.0 Å². The first-order chi connectivity index (χ1) is 7.60. The lowest BCUT2D eigenvalue weighted by molar-refractivity contribution is 0.581. The summed E-state index contributed by atoms with van der Waals surface area (Å²) in [6.07, 6.45) is 1.75. The topological polar surface area (TPSA) is 70.0 Å². The van der Waals surface area contributed by atoms with Crippen LogP contribution in [0.25, 0.3) is 0 Å². The van der Waals surface area contributed by atoms with Crippen LogP contribution >= 0.6 is 11.3 Å². The number of hydrogen-bond donors (Lipinski definition) is 1. The molecule has 0 aliphatic carbocycles. The monoisotopic (exact) mass is 258 g/mol. The lowest BCUT2D eigenvalue weighted by Crippen LogP contribution is -2.23. The second-order valence-corrected chi connectivity index (χ2v) is 6.40. The van der Waals surface area contributed by atoms with Gasteiger partial charge in [0.1, 0.15) is 4.21 Å². The van der Waals surface area contributed by atoms with Gasteiger partial charge in [-0.2, -0.15) is 5.26 Å². The Morgan fingerprint density at radius 3 is 2.81 bits per heavy atom. The van der Waals surface area contributed by atoms with Crippen LogP contribution in [0.1, 0.15) is 24.6 Å². The quantitative estimate of drug-likeness (QED) is 0.792. The van der Waals surface area contributed by atoms with Gasteiger partial charge >= 0.3 is 0 Å². The Kier molecular flexibility index (Phi) is 4.93. The van der Waals surface area contributed by atoms with Gasteiger partial charge in [-0.25, -0.2) is 13.1 Å². The molecule has 6 heteroatoms. The standard InChI is InChI=1S/C10H14N2O2S2/c1-2-9-5-6-10(15-9)16(13,14)12-8-4-3-7-11/h5-6,12H,2-4,8H2,1H3. The van der Waals surface area contributed by atoms with Crippen LogP contribution in [0.4, 0.5) is 0 Å². The first-order valence-electron chi connectivity index (χ1n) is 5.05. The molecule has 0 aliphatic heterocycles. The number of unbranched alkanes of at least 4 members (excludes halogenated alkanes) is 1. The Labute approximate surface area is 100.0 Å². The van der Waals surface area contributed by atoms with Crippen LogP contribution in [0.15, 0.2) is 16.3 Å². The number of sulfonamides is 1. The van der Waals surface area contributed by atoms with E-state index < -0.39 is 10.0 Å². The van der Waals surface area contributed by atoms with Crippen molar-refractivity contribution in [1.82, 2.24) is 4.72 Å². The maximum Gasteiger partial charge on any atom is 0.250 e. The van der Waals surface area contributed by atoms with Crippen molar-refractivity contribution in [2.75, 3.05) is 6.54 Å². The summed E-state index contributed by atoms with van der Waals surface area (Å²) in [5.41, 5.74) is 0. The van der Waals surface area contributed by atoms with Gasteiger partial charge in [0.2, 0.25) is 10.0 Å². The van der Waals surface area contributed by atoms with Crippen molar-refractivity contribution in [2.45, 2.75) is 30.4 Å². The third kappa shape index (κ3) is 3.59. The zero-order chi connectivity index (χ0) is 12.0. The van der Waals surface area contributed by atoms with Crippen molar-refractivity contribution in [3.8, 4) is 6.07 Å². The number of nitriles is 1. The predicted octanol–water partition coefficient (Wildman–Crippen LogP) is 1.89. The van der Waals surface area contributed by atoms with Gasteiger partial charge in [0.05, 0.1) is 6.07 Å². The molecule has 1 aromatic rings. The highest BCUT2D eigenvalue weighted by Crippen LogP contribution is 2.21.